The molecule has 0 fully saturated rings. The van der Waals surface area contributed by atoms with Crippen LogP contribution in [-0.4, -0.2) is 37.2 Å². The number of thiazole rings is 1. The summed E-state index contributed by atoms with van der Waals surface area (Å²) in [7, 11) is -1.98. The first-order valence-electron chi connectivity index (χ1n) is 11.3. The minimum atomic E-state index is -3.51. The van der Waals surface area contributed by atoms with E-state index < -0.39 is 9.84 Å². The van der Waals surface area contributed by atoms with E-state index in [0.717, 1.165) is 22.2 Å². The third-order valence-corrected chi connectivity index (χ3v) is 8.55. The quantitative estimate of drug-likeness (QED) is 0.297. The van der Waals surface area contributed by atoms with Crippen LogP contribution in [0.2, 0.25) is 0 Å². The molecule has 0 saturated carbocycles. The number of aryl methyl sites for hydroxylation is 1. The fourth-order valence-electron chi connectivity index (χ4n) is 3.67. The van der Waals surface area contributed by atoms with Crippen LogP contribution in [0.15, 0.2) is 71.9 Å². The molecular weight excluding hydrogens is 482 g/mol. The molecule has 0 unspecified atom stereocenters. The van der Waals surface area contributed by atoms with E-state index >= 15 is 0 Å². The molecule has 0 saturated heterocycles. The second-order valence-electron chi connectivity index (χ2n) is 8.09. The first kappa shape index (κ1) is 24.8. The zero-order chi connectivity index (χ0) is 24.8. The van der Waals surface area contributed by atoms with E-state index in [-0.39, 0.29) is 29.4 Å². The van der Waals surface area contributed by atoms with Gasteiger partial charge in [0.25, 0.3) is 0 Å². The topological polar surface area (TPSA) is 89.5 Å². The molecule has 2 aromatic carbocycles. The van der Waals surface area contributed by atoms with Crippen molar-refractivity contribution in [2.75, 3.05) is 17.8 Å². The molecule has 0 spiro atoms. The molecule has 0 aliphatic carbocycles. The van der Waals surface area contributed by atoms with Gasteiger partial charge in [-0.05, 0) is 72.5 Å². The summed E-state index contributed by atoms with van der Waals surface area (Å²) in [5, 5.41) is 0.605. The van der Waals surface area contributed by atoms with Crippen LogP contribution in [0, 0.1) is 0 Å². The number of fused-ring (bicyclic) bond motifs is 1. The molecule has 1 amide bonds. The minimum Gasteiger partial charge on any atom is -0.497 e. The lowest BCUT2D eigenvalue weighted by atomic mass is 10.2. The number of carbonyl (C=O) groups is 1. The average Bonchev–Trinajstić information content (AvgIpc) is 3.30. The summed E-state index contributed by atoms with van der Waals surface area (Å²) in [5.74, 6) is 0.308. The number of anilines is 1. The van der Waals surface area contributed by atoms with Gasteiger partial charge in [0.15, 0.2) is 15.0 Å². The SMILES string of the molecule is CCc1ccc2nc(N(Cc3ccncc3)C(=O)CCCS(=O)(=O)c3ccc(OC)cc3)sc2c1. The number of sulfone groups is 1. The number of methoxy groups -OCH3 is 1. The predicted molar refractivity (Wildman–Crippen MR) is 139 cm³/mol. The van der Waals surface area contributed by atoms with Crippen LogP contribution in [0.3, 0.4) is 0 Å². The van der Waals surface area contributed by atoms with Crippen LogP contribution in [-0.2, 0) is 27.6 Å². The highest BCUT2D eigenvalue weighted by Crippen LogP contribution is 2.31. The summed E-state index contributed by atoms with van der Waals surface area (Å²) in [5.41, 5.74) is 2.98. The van der Waals surface area contributed by atoms with Crippen LogP contribution in [0.4, 0.5) is 5.13 Å². The second kappa shape index (κ2) is 11.0. The van der Waals surface area contributed by atoms with Crippen molar-refractivity contribution in [2.45, 2.75) is 37.6 Å². The summed E-state index contributed by atoms with van der Waals surface area (Å²) in [4.78, 5) is 23.9. The second-order valence-corrected chi connectivity index (χ2v) is 11.2. The maximum atomic E-state index is 13.3. The smallest absolute Gasteiger partial charge is 0.229 e. The Hall–Kier alpha value is -3.30. The highest BCUT2D eigenvalue weighted by Gasteiger charge is 2.22. The first-order valence-corrected chi connectivity index (χ1v) is 13.8. The number of nitrogens with zero attached hydrogens (tertiary/aromatic N) is 3. The van der Waals surface area contributed by atoms with Gasteiger partial charge in [-0.15, -0.1) is 0 Å². The summed E-state index contributed by atoms with van der Waals surface area (Å²) >= 11 is 1.47. The molecule has 182 valence electrons. The molecule has 35 heavy (non-hydrogen) atoms. The van der Waals surface area contributed by atoms with Crippen molar-refractivity contribution in [3.05, 3.63) is 78.1 Å². The molecule has 0 N–H and O–H groups in total. The van der Waals surface area contributed by atoms with Crippen LogP contribution in [0.25, 0.3) is 10.2 Å². The lowest BCUT2D eigenvalue weighted by molar-refractivity contribution is -0.118. The van der Waals surface area contributed by atoms with Gasteiger partial charge in [-0.1, -0.05) is 24.3 Å². The van der Waals surface area contributed by atoms with Crippen LogP contribution in [0.1, 0.15) is 30.9 Å². The van der Waals surface area contributed by atoms with Gasteiger partial charge in [-0.2, -0.15) is 0 Å². The number of hydrogen-bond donors (Lipinski definition) is 0. The third-order valence-electron chi connectivity index (χ3n) is 5.69. The molecule has 4 rings (SSSR count). The van der Waals surface area contributed by atoms with Gasteiger partial charge in [-0.25, -0.2) is 13.4 Å². The molecule has 7 nitrogen and oxygen atoms in total. The van der Waals surface area contributed by atoms with Crippen molar-refractivity contribution in [1.82, 2.24) is 9.97 Å². The van der Waals surface area contributed by atoms with E-state index in [1.165, 1.54) is 36.1 Å². The Morgan fingerprint density at radius 2 is 1.77 bits per heavy atom. The van der Waals surface area contributed by atoms with E-state index in [9.17, 15) is 13.2 Å². The fraction of sp³-hybridized carbons (Fsp3) is 0.269. The number of pyridine rings is 1. The van der Waals surface area contributed by atoms with Crippen molar-refractivity contribution in [1.29, 1.82) is 0 Å². The number of ether oxygens (including phenoxy) is 1. The Bertz CT molecular complexity index is 1400. The number of carbonyl (C=O) groups excluding carboxylic acids is 1. The van der Waals surface area contributed by atoms with Gasteiger partial charge in [0.1, 0.15) is 5.75 Å². The van der Waals surface area contributed by atoms with Gasteiger partial charge in [0.2, 0.25) is 5.91 Å². The maximum Gasteiger partial charge on any atom is 0.229 e. The molecule has 4 aromatic rings. The van der Waals surface area contributed by atoms with Crippen LogP contribution < -0.4 is 9.64 Å². The van der Waals surface area contributed by atoms with Gasteiger partial charge in [0, 0.05) is 18.8 Å². The Morgan fingerprint density at radius 1 is 1.03 bits per heavy atom. The van der Waals surface area contributed by atoms with Gasteiger partial charge < -0.3 is 4.74 Å². The molecule has 0 bridgehead atoms. The molecule has 2 heterocycles. The van der Waals surface area contributed by atoms with Crippen molar-refractivity contribution in [3.8, 4) is 5.75 Å². The van der Waals surface area contributed by atoms with Crippen molar-refractivity contribution < 1.29 is 17.9 Å². The van der Waals surface area contributed by atoms with Gasteiger partial charge in [0.05, 0.1) is 34.5 Å². The van der Waals surface area contributed by atoms with Crippen LogP contribution in [0.5, 0.6) is 5.75 Å². The first-order chi connectivity index (χ1) is 16.9. The monoisotopic (exact) mass is 509 g/mol. The maximum absolute atomic E-state index is 13.3. The molecule has 0 aliphatic heterocycles. The standard InChI is InChI=1S/C26H27N3O4S2/c1-3-19-6-11-23-24(17-19)34-26(28-23)29(18-20-12-14-27-15-13-20)25(30)5-4-16-35(31,32)22-9-7-21(33-2)8-10-22/h6-15,17H,3-5,16,18H2,1-2H3. The number of rotatable bonds is 10. The van der Waals surface area contributed by atoms with E-state index in [4.69, 9.17) is 9.72 Å². The van der Waals surface area contributed by atoms with E-state index in [2.05, 4.69) is 18.0 Å². The van der Waals surface area contributed by atoms with Crippen molar-refractivity contribution in [3.63, 3.8) is 0 Å². The third kappa shape index (κ3) is 6.04. The molecular formula is C26H27N3O4S2. The Kier molecular flexibility index (Phi) is 7.77. The lowest BCUT2D eigenvalue weighted by Gasteiger charge is -2.20. The van der Waals surface area contributed by atoms with E-state index in [1.807, 2.05) is 24.3 Å². The van der Waals surface area contributed by atoms with Crippen LogP contribution >= 0.6 is 11.3 Å². The Morgan fingerprint density at radius 3 is 2.46 bits per heavy atom. The fourth-order valence-corrected chi connectivity index (χ4v) is 6.03. The minimum absolute atomic E-state index is 0.0939. The molecule has 2 aromatic heterocycles. The summed E-state index contributed by atoms with van der Waals surface area (Å²) in [6.45, 7) is 2.44. The van der Waals surface area contributed by atoms with Gasteiger partial charge >= 0.3 is 0 Å². The predicted octanol–water partition coefficient (Wildman–Crippen LogP) is 5.05. The van der Waals surface area contributed by atoms with E-state index in [1.54, 1.807) is 29.4 Å². The highest BCUT2D eigenvalue weighted by molar-refractivity contribution is 7.91. The van der Waals surface area contributed by atoms with E-state index in [0.29, 0.717) is 17.4 Å². The zero-order valence-corrected chi connectivity index (χ0v) is 21.3. The lowest BCUT2D eigenvalue weighted by Crippen LogP contribution is -2.30. The largest absolute Gasteiger partial charge is 0.497 e. The Labute approximate surface area is 209 Å². The van der Waals surface area contributed by atoms with Gasteiger partial charge in [-0.3, -0.25) is 14.7 Å². The summed E-state index contributed by atoms with van der Waals surface area (Å²) in [6.07, 6.45) is 4.60. The van der Waals surface area contributed by atoms with Crippen molar-refractivity contribution >= 4 is 42.4 Å². The molecule has 9 heteroatoms. The summed E-state index contributed by atoms with van der Waals surface area (Å²) < 4.78 is 31.6. The summed E-state index contributed by atoms with van der Waals surface area (Å²) in [6, 6.07) is 16.1. The van der Waals surface area contributed by atoms with Crippen molar-refractivity contribution in [2.24, 2.45) is 0 Å². The molecule has 0 radical (unpaired) electrons. The zero-order valence-electron chi connectivity index (χ0n) is 19.7. The molecule has 0 aliphatic rings. The Balaban J connectivity index is 1.51. The number of benzene rings is 2. The normalized spacial score (nSPS) is 11.5. The number of amides is 1. The average molecular weight is 510 g/mol. The number of aromatic nitrogens is 2. The molecule has 0 atom stereocenters. The highest BCUT2D eigenvalue weighted by atomic mass is 32.2. The number of hydrogen-bond acceptors (Lipinski definition) is 7.